The van der Waals surface area contributed by atoms with E-state index >= 15 is 0 Å². The first-order valence-electron chi connectivity index (χ1n) is 3.81. The number of hydrogen-bond acceptors (Lipinski definition) is 3. The van der Waals surface area contributed by atoms with Gasteiger partial charge in [-0.1, -0.05) is 6.92 Å². The van der Waals surface area contributed by atoms with Crippen LogP contribution in [0, 0.1) is 0 Å². The molecule has 0 aromatic carbocycles. The molecule has 68 valence electrons. The van der Waals surface area contributed by atoms with Crippen LogP contribution in [0.2, 0.25) is 0 Å². The Labute approximate surface area is 69.1 Å². The molecule has 0 bridgehead atoms. The van der Waals surface area contributed by atoms with Gasteiger partial charge in [-0.05, 0) is 20.4 Å². The summed E-state index contributed by atoms with van der Waals surface area (Å²) in [6.07, 6.45) is 1.27. The molecule has 4 heteroatoms. The highest BCUT2D eigenvalue weighted by molar-refractivity contribution is 7.91. The van der Waals surface area contributed by atoms with Crippen molar-refractivity contribution in [2.24, 2.45) is 0 Å². The quantitative estimate of drug-likeness (QED) is 0.680. The van der Waals surface area contributed by atoms with Gasteiger partial charge in [-0.2, -0.15) is 0 Å². The molecule has 2 atom stereocenters. The molecule has 3 nitrogen and oxygen atoms in total. The molecular formula is C7H17NO2S. The van der Waals surface area contributed by atoms with Crippen LogP contribution in [-0.2, 0) is 9.84 Å². The summed E-state index contributed by atoms with van der Waals surface area (Å²) < 4.78 is 22.0. The van der Waals surface area contributed by atoms with E-state index in [9.17, 15) is 8.42 Å². The summed E-state index contributed by atoms with van der Waals surface area (Å²) in [7, 11) is -2.89. The fraction of sp³-hybridized carbons (Fsp3) is 1.00. The molecule has 0 aliphatic carbocycles. The second-order valence-electron chi connectivity index (χ2n) is 2.88. The van der Waals surface area contributed by atoms with Crippen LogP contribution >= 0.6 is 0 Å². The van der Waals surface area contributed by atoms with E-state index < -0.39 is 9.84 Å². The van der Waals surface area contributed by atoms with E-state index in [2.05, 4.69) is 5.32 Å². The first-order valence-corrected chi connectivity index (χ1v) is 5.77. The normalized spacial score (nSPS) is 17.8. The molecule has 0 rings (SSSR count). The summed E-state index contributed by atoms with van der Waals surface area (Å²) in [6, 6.07) is 0.0370. The van der Waals surface area contributed by atoms with Crippen molar-refractivity contribution in [3.63, 3.8) is 0 Å². The van der Waals surface area contributed by atoms with Crippen molar-refractivity contribution < 1.29 is 8.42 Å². The summed E-state index contributed by atoms with van der Waals surface area (Å²) in [4.78, 5) is 0. The van der Waals surface area contributed by atoms with Crippen LogP contribution in [0.15, 0.2) is 0 Å². The van der Waals surface area contributed by atoms with Crippen molar-refractivity contribution in [3.8, 4) is 0 Å². The van der Waals surface area contributed by atoms with Gasteiger partial charge in [-0.15, -0.1) is 0 Å². The van der Waals surface area contributed by atoms with Gasteiger partial charge in [-0.25, -0.2) is 8.42 Å². The van der Waals surface area contributed by atoms with E-state index in [-0.39, 0.29) is 11.3 Å². The molecule has 0 amide bonds. The maximum Gasteiger partial charge on any atom is 0.151 e. The van der Waals surface area contributed by atoms with Gasteiger partial charge in [0.15, 0.2) is 9.84 Å². The minimum absolute atomic E-state index is 0.0370. The van der Waals surface area contributed by atoms with Gasteiger partial charge in [0.1, 0.15) is 0 Å². The van der Waals surface area contributed by atoms with Crippen molar-refractivity contribution in [1.29, 1.82) is 0 Å². The van der Waals surface area contributed by atoms with Gasteiger partial charge in [0, 0.05) is 12.3 Å². The zero-order valence-corrected chi connectivity index (χ0v) is 8.40. The first-order chi connectivity index (χ1) is 4.89. The van der Waals surface area contributed by atoms with Gasteiger partial charge < -0.3 is 5.32 Å². The Morgan fingerprint density at radius 1 is 1.36 bits per heavy atom. The molecule has 0 aliphatic rings. The van der Waals surface area contributed by atoms with E-state index in [1.165, 1.54) is 6.26 Å². The number of rotatable bonds is 4. The molecule has 0 heterocycles. The average molecular weight is 179 g/mol. The third kappa shape index (κ3) is 3.72. The predicted molar refractivity (Wildman–Crippen MR) is 47.4 cm³/mol. The van der Waals surface area contributed by atoms with Gasteiger partial charge >= 0.3 is 0 Å². The van der Waals surface area contributed by atoms with Gasteiger partial charge in [0.05, 0.1) is 5.25 Å². The van der Waals surface area contributed by atoms with E-state index in [4.69, 9.17) is 0 Å². The lowest BCUT2D eigenvalue weighted by Crippen LogP contribution is -2.39. The molecule has 1 N–H and O–H groups in total. The van der Waals surface area contributed by atoms with E-state index in [1.54, 1.807) is 6.92 Å². The lowest BCUT2D eigenvalue weighted by molar-refractivity contribution is 0.524. The highest BCUT2D eigenvalue weighted by Gasteiger charge is 2.20. The van der Waals surface area contributed by atoms with Crippen molar-refractivity contribution in [3.05, 3.63) is 0 Å². The Balaban J connectivity index is 4.14. The molecule has 0 saturated heterocycles. The van der Waals surface area contributed by atoms with E-state index in [0.717, 1.165) is 6.54 Å². The highest BCUT2D eigenvalue weighted by atomic mass is 32.2. The summed E-state index contributed by atoms with van der Waals surface area (Å²) >= 11 is 0. The first kappa shape index (κ1) is 10.9. The maximum atomic E-state index is 11.0. The van der Waals surface area contributed by atoms with Crippen molar-refractivity contribution in [1.82, 2.24) is 5.32 Å². The highest BCUT2D eigenvalue weighted by Crippen LogP contribution is 2.02. The van der Waals surface area contributed by atoms with Crippen molar-refractivity contribution in [2.75, 3.05) is 12.8 Å². The zero-order valence-electron chi connectivity index (χ0n) is 7.59. The number of nitrogens with one attached hydrogen (secondary N) is 1. The van der Waals surface area contributed by atoms with Crippen LogP contribution in [0.25, 0.3) is 0 Å². The zero-order chi connectivity index (χ0) is 9.07. The fourth-order valence-electron chi connectivity index (χ4n) is 0.859. The Morgan fingerprint density at radius 3 is 2.09 bits per heavy atom. The lowest BCUT2D eigenvalue weighted by Gasteiger charge is -2.18. The second kappa shape index (κ2) is 4.07. The lowest BCUT2D eigenvalue weighted by atomic mass is 10.2. The Kier molecular flexibility index (Phi) is 4.03. The van der Waals surface area contributed by atoms with Crippen LogP contribution < -0.4 is 5.32 Å². The Hall–Kier alpha value is -0.0900. The smallest absolute Gasteiger partial charge is 0.151 e. The SMILES string of the molecule is CCNC(C)C(C)S(C)(=O)=O. The van der Waals surface area contributed by atoms with Gasteiger partial charge in [0.25, 0.3) is 0 Å². The van der Waals surface area contributed by atoms with Crippen molar-refractivity contribution in [2.45, 2.75) is 32.1 Å². The molecular weight excluding hydrogens is 162 g/mol. The molecule has 0 aromatic heterocycles. The minimum Gasteiger partial charge on any atom is -0.313 e. The van der Waals surface area contributed by atoms with Crippen LogP contribution in [0.4, 0.5) is 0 Å². The minimum atomic E-state index is -2.89. The van der Waals surface area contributed by atoms with Gasteiger partial charge in [0.2, 0.25) is 0 Å². The topological polar surface area (TPSA) is 46.2 Å². The summed E-state index contributed by atoms with van der Waals surface area (Å²) in [5, 5.41) is 2.77. The molecule has 2 unspecified atom stereocenters. The Morgan fingerprint density at radius 2 is 1.82 bits per heavy atom. The number of hydrogen-bond donors (Lipinski definition) is 1. The predicted octanol–water partition coefficient (Wildman–Crippen LogP) is 0.418. The molecule has 0 radical (unpaired) electrons. The molecule has 0 saturated carbocycles. The molecule has 0 spiro atoms. The third-order valence-electron chi connectivity index (χ3n) is 1.91. The Bertz CT molecular complexity index is 198. The maximum absolute atomic E-state index is 11.0. The second-order valence-corrected chi connectivity index (χ2v) is 5.28. The molecule has 0 aliphatic heterocycles. The summed E-state index contributed by atoms with van der Waals surface area (Å²) in [5.41, 5.74) is 0. The van der Waals surface area contributed by atoms with Crippen molar-refractivity contribution >= 4 is 9.84 Å². The van der Waals surface area contributed by atoms with Crippen LogP contribution in [-0.4, -0.2) is 32.5 Å². The number of sulfone groups is 1. The van der Waals surface area contributed by atoms with Crippen LogP contribution in [0.1, 0.15) is 20.8 Å². The van der Waals surface area contributed by atoms with Crippen LogP contribution in [0.5, 0.6) is 0 Å². The molecule has 0 aromatic rings. The third-order valence-corrected chi connectivity index (χ3v) is 3.66. The van der Waals surface area contributed by atoms with Gasteiger partial charge in [-0.3, -0.25) is 0 Å². The summed E-state index contributed by atoms with van der Waals surface area (Å²) in [6.45, 7) is 6.38. The fourth-order valence-corrected chi connectivity index (χ4v) is 1.70. The molecule has 11 heavy (non-hydrogen) atoms. The standard InChI is InChI=1S/C7H17NO2S/c1-5-8-6(2)7(3)11(4,9)10/h6-8H,5H2,1-4H3. The average Bonchev–Trinajstić information content (AvgIpc) is 1.85. The summed E-state index contributed by atoms with van der Waals surface area (Å²) in [5.74, 6) is 0. The van der Waals surface area contributed by atoms with E-state index in [0.29, 0.717) is 0 Å². The molecule has 0 fully saturated rings. The largest absolute Gasteiger partial charge is 0.313 e. The monoisotopic (exact) mass is 179 g/mol. The van der Waals surface area contributed by atoms with Crippen LogP contribution in [0.3, 0.4) is 0 Å². The van der Waals surface area contributed by atoms with E-state index in [1.807, 2.05) is 13.8 Å².